The van der Waals surface area contributed by atoms with Gasteiger partial charge in [0.1, 0.15) is 5.40 Å². The number of hydrogen-bond acceptors (Lipinski definition) is 3. The van der Waals surface area contributed by atoms with Crippen LogP contribution in [0.2, 0.25) is 0 Å². The summed E-state index contributed by atoms with van der Waals surface area (Å²) in [6, 6.07) is 0. The molecule has 3 N–H and O–H groups in total. The van der Waals surface area contributed by atoms with Gasteiger partial charge in [-0.15, -0.1) is 0 Å². The molecule has 0 spiro atoms. The van der Waals surface area contributed by atoms with E-state index in [0.29, 0.717) is 0 Å². The summed E-state index contributed by atoms with van der Waals surface area (Å²) in [6.45, 7) is 0. The number of thiol groups is 1. The van der Waals surface area contributed by atoms with Crippen LogP contribution in [0.4, 0.5) is 0 Å². The molecule has 0 amide bonds. The van der Waals surface area contributed by atoms with Crippen LogP contribution in [0.1, 0.15) is 0 Å². The van der Waals surface area contributed by atoms with Crippen molar-refractivity contribution in [1.82, 2.24) is 6.15 Å². The standard InChI is InChI=1S/CHNS.Li.H3N.H/c2-1-3;;;/h3H;;1H3;. The van der Waals surface area contributed by atoms with Crippen molar-refractivity contribution in [1.29, 1.82) is 5.26 Å². The monoisotopic (exact) mass is 84.0 g/mol. The van der Waals surface area contributed by atoms with Gasteiger partial charge in [-0.05, 0) is 0 Å². The minimum atomic E-state index is 0. The second-order valence-corrected chi connectivity index (χ2v) is 0.300. The molecule has 0 aliphatic rings. The summed E-state index contributed by atoms with van der Waals surface area (Å²) in [5.74, 6) is 0. The maximum atomic E-state index is 7.18. The van der Waals surface area contributed by atoms with Crippen LogP contribution in [-0.2, 0) is 0 Å². The van der Waals surface area contributed by atoms with Crippen LogP contribution in [0.3, 0.4) is 0 Å². The molecule has 0 saturated carbocycles. The van der Waals surface area contributed by atoms with Crippen molar-refractivity contribution in [3.8, 4) is 5.40 Å². The summed E-state index contributed by atoms with van der Waals surface area (Å²) < 4.78 is 0. The summed E-state index contributed by atoms with van der Waals surface area (Å²) in [5, 5.41) is 8.63. The molecule has 0 atom stereocenters. The minimum absolute atomic E-state index is 0. The fourth-order valence-corrected chi connectivity index (χ4v) is 0. The van der Waals surface area contributed by atoms with Crippen LogP contribution in [-0.4, -0.2) is 18.9 Å². The number of rotatable bonds is 0. The van der Waals surface area contributed by atoms with Crippen LogP contribution in [0, 0.1) is 10.7 Å². The first kappa shape index (κ1) is 18.2. The second-order valence-electron chi connectivity index (χ2n) is 0.100. The molecular weight excluding hydrogens is 79.0 g/mol. The summed E-state index contributed by atoms with van der Waals surface area (Å²) in [4.78, 5) is 0. The zero-order valence-corrected chi connectivity index (χ0v) is 3.00. The summed E-state index contributed by atoms with van der Waals surface area (Å²) in [7, 11) is 0. The molecule has 0 rings (SSSR count). The van der Waals surface area contributed by atoms with Crippen molar-refractivity contribution in [3.05, 3.63) is 0 Å². The van der Waals surface area contributed by atoms with E-state index in [1.165, 1.54) is 5.40 Å². The van der Waals surface area contributed by atoms with Crippen LogP contribution < -0.4 is 6.15 Å². The van der Waals surface area contributed by atoms with Gasteiger partial charge in [-0.25, -0.2) is 0 Å². The molecular formula is CH5LiN2S. The van der Waals surface area contributed by atoms with Gasteiger partial charge >= 0.3 is 18.9 Å². The number of thiocyanates is 1. The first-order valence-corrected chi connectivity index (χ1v) is 0.894. The predicted molar refractivity (Wildman–Crippen MR) is 26.8 cm³/mol. The van der Waals surface area contributed by atoms with Crippen LogP contribution >= 0.6 is 12.6 Å². The van der Waals surface area contributed by atoms with E-state index in [2.05, 4.69) is 12.6 Å². The molecule has 0 saturated heterocycles. The molecule has 0 aliphatic carbocycles. The Hall–Kier alpha value is 0.397. The second kappa shape index (κ2) is 26.0. The Kier molecular flexibility index (Phi) is 94.4. The fourth-order valence-electron chi connectivity index (χ4n) is 0. The molecule has 5 heavy (non-hydrogen) atoms. The normalized spacial score (nSPS) is 1.60. The van der Waals surface area contributed by atoms with Crippen molar-refractivity contribution in [2.75, 3.05) is 0 Å². The van der Waals surface area contributed by atoms with Gasteiger partial charge in [-0.3, -0.25) is 0 Å². The van der Waals surface area contributed by atoms with E-state index in [1.807, 2.05) is 0 Å². The van der Waals surface area contributed by atoms with Crippen LogP contribution in [0.25, 0.3) is 0 Å². The molecule has 0 bridgehead atoms. The van der Waals surface area contributed by atoms with Crippen molar-refractivity contribution in [2.45, 2.75) is 0 Å². The van der Waals surface area contributed by atoms with Crippen molar-refractivity contribution >= 4 is 31.5 Å². The van der Waals surface area contributed by atoms with Crippen LogP contribution in [0.5, 0.6) is 0 Å². The van der Waals surface area contributed by atoms with E-state index in [-0.39, 0.29) is 25.0 Å². The van der Waals surface area contributed by atoms with E-state index >= 15 is 0 Å². The Labute approximate surface area is 48.7 Å². The topological polar surface area (TPSA) is 58.8 Å². The summed E-state index contributed by atoms with van der Waals surface area (Å²) in [5.41, 5.74) is 0. The predicted octanol–water partition coefficient (Wildman–Crippen LogP) is -0.0892. The summed E-state index contributed by atoms with van der Waals surface area (Å²) >= 11 is 3.09. The third-order valence-corrected chi connectivity index (χ3v) is 0. The average Bonchev–Trinajstić information content (AvgIpc) is 0.918. The van der Waals surface area contributed by atoms with E-state index in [9.17, 15) is 0 Å². The molecule has 0 heterocycles. The van der Waals surface area contributed by atoms with E-state index in [1.54, 1.807) is 0 Å². The molecule has 0 aromatic carbocycles. The summed E-state index contributed by atoms with van der Waals surface area (Å²) in [6.07, 6.45) is 0. The molecule has 4 heteroatoms. The molecule has 2 nitrogen and oxygen atoms in total. The van der Waals surface area contributed by atoms with Gasteiger partial charge in [0.2, 0.25) is 0 Å². The maximum absolute atomic E-state index is 7.18. The van der Waals surface area contributed by atoms with Gasteiger partial charge in [0.25, 0.3) is 0 Å². The first-order valence-electron chi connectivity index (χ1n) is 0.447. The SMILES string of the molecule is N.N#CS.[LiH]. The Balaban J connectivity index is -0.0000000200. The Morgan fingerprint density at radius 3 is 1.60 bits per heavy atom. The van der Waals surface area contributed by atoms with Gasteiger partial charge in [-0.1, -0.05) is 12.6 Å². The molecule has 26 valence electrons. The van der Waals surface area contributed by atoms with Gasteiger partial charge in [0, 0.05) is 0 Å². The fraction of sp³-hybridized carbons (Fsp3) is 0. The molecule has 0 aromatic heterocycles. The van der Waals surface area contributed by atoms with E-state index < -0.39 is 0 Å². The Morgan fingerprint density at radius 1 is 1.60 bits per heavy atom. The first-order chi connectivity index (χ1) is 1.41. The van der Waals surface area contributed by atoms with E-state index in [4.69, 9.17) is 5.26 Å². The molecule has 0 radical (unpaired) electrons. The van der Waals surface area contributed by atoms with Gasteiger partial charge in [0.05, 0.1) is 0 Å². The third-order valence-electron chi connectivity index (χ3n) is 0. The zero-order valence-electron chi connectivity index (χ0n) is 2.10. The Morgan fingerprint density at radius 2 is 1.60 bits per heavy atom. The molecule has 0 fully saturated rings. The van der Waals surface area contributed by atoms with Gasteiger partial charge in [0.15, 0.2) is 0 Å². The van der Waals surface area contributed by atoms with Gasteiger partial charge < -0.3 is 6.15 Å². The zero-order chi connectivity index (χ0) is 2.71. The van der Waals surface area contributed by atoms with Crippen LogP contribution in [0.15, 0.2) is 0 Å². The number of hydrogen-bond donors (Lipinski definition) is 2. The third kappa shape index (κ3) is 160. The molecule has 0 aliphatic heterocycles. The number of nitrogens with zero attached hydrogens (tertiary/aromatic N) is 1. The average molecular weight is 84.1 g/mol. The van der Waals surface area contributed by atoms with E-state index in [0.717, 1.165) is 0 Å². The van der Waals surface area contributed by atoms with Crippen molar-refractivity contribution in [3.63, 3.8) is 0 Å². The Bertz CT molecular complexity index is 31.1. The quantitative estimate of drug-likeness (QED) is 0.245. The van der Waals surface area contributed by atoms with Gasteiger partial charge in [-0.2, -0.15) is 5.26 Å². The molecule has 0 unspecified atom stereocenters. The molecule has 0 aromatic rings. The van der Waals surface area contributed by atoms with Crippen molar-refractivity contribution < 1.29 is 0 Å². The number of nitriles is 1. The van der Waals surface area contributed by atoms with Crippen molar-refractivity contribution in [2.24, 2.45) is 0 Å².